The number of rotatable bonds is 8. The molecule has 1 saturated carbocycles. The Morgan fingerprint density at radius 3 is 2.51 bits per heavy atom. The molecule has 3 heterocycles. The molecule has 1 aromatic carbocycles. The summed E-state index contributed by atoms with van der Waals surface area (Å²) in [6, 6.07) is 7.84. The van der Waals surface area contributed by atoms with Crippen molar-refractivity contribution in [3.8, 4) is 23.1 Å². The molecule has 3 aromatic rings. The van der Waals surface area contributed by atoms with Gasteiger partial charge in [-0.15, -0.1) is 0 Å². The van der Waals surface area contributed by atoms with E-state index in [4.69, 9.17) is 0 Å². The number of halogens is 3. The zero-order chi connectivity index (χ0) is 27.8. The number of anilines is 1. The van der Waals surface area contributed by atoms with Crippen molar-refractivity contribution in [2.45, 2.75) is 50.5 Å². The number of nitriles is 1. The Bertz CT molecular complexity index is 1500. The average Bonchev–Trinajstić information content (AvgIpc) is 3.60. The Morgan fingerprint density at radius 1 is 1.13 bits per heavy atom. The lowest BCUT2D eigenvalue weighted by atomic mass is 10.1. The highest BCUT2D eigenvalue weighted by molar-refractivity contribution is 7.88. The van der Waals surface area contributed by atoms with Crippen molar-refractivity contribution in [2.24, 2.45) is 0 Å². The van der Waals surface area contributed by atoms with Gasteiger partial charge in [-0.3, -0.25) is 0 Å². The van der Waals surface area contributed by atoms with Gasteiger partial charge in [0, 0.05) is 44.1 Å². The molecule has 2 N–H and O–H groups in total. The number of sulfonamides is 1. The molecule has 0 radical (unpaired) electrons. The van der Waals surface area contributed by atoms with Crippen LogP contribution in [0.25, 0.3) is 17.1 Å². The third-order valence-corrected chi connectivity index (χ3v) is 8.11. The highest BCUT2D eigenvalue weighted by Gasteiger charge is 2.36. The first-order valence-electron chi connectivity index (χ1n) is 12.5. The first kappa shape index (κ1) is 27.0. The summed E-state index contributed by atoms with van der Waals surface area (Å²) < 4.78 is 67.9. The number of hydrogen-bond acceptors (Lipinski definition) is 8. The molecule has 2 fully saturated rings. The van der Waals surface area contributed by atoms with E-state index in [9.17, 15) is 26.9 Å². The Morgan fingerprint density at radius 2 is 1.87 bits per heavy atom. The van der Waals surface area contributed by atoms with Gasteiger partial charge in [0.15, 0.2) is 0 Å². The Hall–Kier alpha value is -3.54. The van der Waals surface area contributed by atoms with E-state index >= 15 is 0 Å². The number of nitrogens with zero attached hydrogens (tertiary/aromatic N) is 6. The molecule has 1 saturated heterocycles. The highest BCUT2D eigenvalue weighted by atomic mass is 32.2. The SMILES string of the molecule is CS(=O)(=O)N1CCC(Nc2ncc(C(F)(F)F)c(-c3cn(-c4ccc(CNC5CC5)cc4C#N)cn3)n2)CC1. The van der Waals surface area contributed by atoms with Crippen LogP contribution in [0.2, 0.25) is 0 Å². The van der Waals surface area contributed by atoms with Gasteiger partial charge < -0.3 is 15.2 Å². The van der Waals surface area contributed by atoms with Crippen LogP contribution < -0.4 is 10.6 Å². The van der Waals surface area contributed by atoms with Gasteiger partial charge in [0.2, 0.25) is 16.0 Å². The molecule has 1 aliphatic heterocycles. The minimum Gasteiger partial charge on any atom is -0.351 e. The van der Waals surface area contributed by atoms with Crippen LogP contribution in [0, 0.1) is 11.3 Å². The fourth-order valence-electron chi connectivity index (χ4n) is 4.50. The maximum atomic E-state index is 13.9. The summed E-state index contributed by atoms with van der Waals surface area (Å²) in [5.74, 6) is -0.00409. The molecule has 10 nitrogen and oxygen atoms in total. The number of aromatic nitrogens is 4. The molecule has 0 amide bonds. The van der Waals surface area contributed by atoms with Crippen LogP contribution in [0.4, 0.5) is 19.1 Å². The van der Waals surface area contributed by atoms with Crippen LogP contribution in [-0.2, 0) is 22.7 Å². The average molecular weight is 561 g/mol. The smallest absolute Gasteiger partial charge is 0.351 e. The standard InChI is InChI=1S/C25H27F3N8O2S/c1-39(37,38)36-8-6-19(7-9-36)33-24-31-13-20(25(26,27)28)23(34-24)21-14-35(15-32-21)22-5-2-16(10-17(22)11-29)12-30-18-3-4-18/h2,5,10,13-15,18-19,30H,3-4,6-9,12H2,1H3,(H,31,33,34). The first-order valence-corrected chi connectivity index (χ1v) is 14.3. The molecule has 2 aliphatic rings. The van der Waals surface area contributed by atoms with Crippen LogP contribution in [0.3, 0.4) is 0 Å². The molecule has 0 atom stereocenters. The van der Waals surface area contributed by atoms with E-state index in [0.717, 1.165) is 30.9 Å². The third-order valence-electron chi connectivity index (χ3n) is 6.81. The van der Waals surface area contributed by atoms with Gasteiger partial charge in [-0.05, 0) is 43.4 Å². The van der Waals surface area contributed by atoms with E-state index in [1.807, 2.05) is 6.07 Å². The fraction of sp³-hybridized carbons (Fsp3) is 0.440. The third kappa shape index (κ3) is 6.38. The molecule has 14 heteroatoms. The minimum atomic E-state index is -4.72. The van der Waals surface area contributed by atoms with Crippen LogP contribution in [-0.4, -0.2) is 63.7 Å². The predicted molar refractivity (Wildman–Crippen MR) is 137 cm³/mol. The summed E-state index contributed by atoms with van der Waals surface area (Å²) in [6.07, 6.45) is 3.12. The van der Waals surface area contributed by atoms with Crippen molar-refractivity contribution in [2.75, 3.05) is 24.7 Å². The second kappa shape index (κ2) is 10.6. The first-order chi connectivity index (χ1) is 18.5. The van der Waals surface area contributed by atoms with Crippen molar-refractivity contribution < 1.29 is 21.6 Å². The zero-order valence-electron chi connectivity index (χ0n) is 21.1. The summed E-state index contributed by atoms with van der Waals surface area (Å²) >= 11 is 0. The minimum absolute atomic E-state index is 0.00409. The van der Waals surface area contributed by atoms with Gasteiger partial charge in [-0.25, -0.2) is 27.7 Å². The summed E-state index contributed by atoms with van der Waals surface area (Å²) in [4.78, 5) is 12.2. The lowest BCUT2D eigenvalue weighted by molar-refractivity contribution is -0.137. The van der Waals surface area contributed by atoms with Gasteiger partial charge in [0.1, 0.15) is 29.3 Å². The number of nitrogens with one attached hydrogen (secondary N) is 2. The van der Waals surface area contributed by atoms with Crippen molar-refractivity contribution in [1.82, 2.24) is 29.1 Å². The highest BCUT2D eigenvalue weighted by Crippen LogP contribution is 2.36. The molecule has 5 rings (SSSR count). The monoisotopic (exact) mass is 560 g/mol. The van der Waals surface area contributed by atoms with E-state index < -0.39 is 27.5 Å². The predicted octanol–water partition coefficient (Wildman–Crippen LogP) is 3.31. The van der Waals surface area contributed by atoms with E-state index in [0.29, 0.717) is 49.8 Å². The summed E-state index contributed by atoms with van der Waals surface area (Å²) in [7, 11) is -3.30. The molecule has 1 aliphatic carbocycles. The van der Waals surface area contributed by atoms with Crippen molar-refractivity contribution in [3.05, 3.63) is 53.6 Å². The summed E-state index contributed by atoms with van der Waals surface area (Å²) in [6.45, 7) is 1.23. The lowest BCUT2D eigenvalue weighted by Crippen LogP contribution is -2.42. The quantitative estimate of drug-likeness (QED) is 0.430. The lowest BCUT2D eigenvalue weighted by Gasteiger charge is -2.30. The molecule has 0 spiro atoms. The number of piperidine rings is 1. The molecular weight excluding hydrogens is 533 g/mol. The maximum Gasteiger partial charge on any atom is 0.420 e. The summed E-state index contributed by atoms with van der Waals surface area (Å²) in [5.41, 5.74) is 0.350. The molecule has 0 unspecified atom stereocenters. The largest absolute Gasteiger partial charge is 0.420 e. The number of benzene rings is 1. The molecule has 206 valence electrons. The van der Waals surface area contributed by atoms with Crippen LogP contribution >= 0.6 is 0 Å². The second-order valence-corrected chi connectivity index (χ2v) is 11.8. The van der Waals surface area contributed by atoms with Crippen molar-refractivity contribution >= 4 is 16.0 Å². The Labute approximate surface area is 224 Å². The zero-order valence-corrected chi connectivity index (χ0v) is 21.9. The fourth-order valence-corrected chi connectivity index (χ4v) is 5.38. The van der Waals surface area contributed by atoms with Crippen LogP contribution in [0.1, 0.15) is 42.4 Å². The van der Waals surface area contributed by atoms with Crippen LogP contribution in [0.5, 0.6) is 0 Å². The summed E-state index contributed by atoms with van der Waals surface area (Å²) in [5, 5.41) is 16.1. The topological polar surface area (TPSA) is 129 Å². The Balaban J connectivity index is 1.39. The van der Waals surface area contributed by atoms with Gasteiger partial charge in [0.05, 0.1) is 17.5 Å². The van der Waals surface area contributed by atoms with Gasteiger partial charge in [0.25, 0.3) is 0 Å². The van der Waals surface area contributed by atoms with Crippen LogP contribution in [0.15, 0.2) is 36.9 Å². The van der Waals surface area contributed by atoms with Crippen molar-refractivity contribution in [1.29, 1.82) is 5.26 Å². The molecule has 0 bridgehead atoms. The molecular formula is C25H27F3N8O2S. The van der Waals surface area contributed by atoms with E-state index in [2.05, 4.69) is 31.7 Å². The van der Waals surface area contributed by atoms with Gasteiger partial charge in [-0.1, -0.05) is 6.07 Å². The van der Waals surface area contributed by atoms with E-state index in [1.54, 1.807) is 12.1 Å². The molecule has 39 heavy (non-hydrogen) atoms. The number of alkyl halides is 3. The van der Waals surface area contributed by atoms with Gasteiger partial charge >= 0.3 is 6.18 Å². The molecule has 2 aromatic heterocycles. The maximum absolute atomic E-state index is 13.9. The van der Waals surface area contributed by atoms with Crippen molar-refractivity contribution in [3.63, 3.8) is 0 Å². The Kier molecular flexibility index (Phi) is 7.32. The second-order valence-electron chi connectivity index (χ2n) is 9.82. The van der Waals surface area contributed by atoms with E-state index in [1.165, 1.54) is 21.4 Å². The number of hydrogen-bond donors (Lipinski definition) is 2. The van der Waals surface area contributed by atoms with E-state index in [-0.39, 0.29) is 17.7 Å². The van der Waals surface area contributed by atoms with Gasteiger partial charge in [-0.2, -0.15) is 18.4 Å². The normalized spacial score (nSPS) is 17.2. The number of imidazole rings is 1.